The number of carbonyl (C=O) groups is 2. The Bertz CT molecular complexity index is 930. The average molecular weight is 456 g/mol. The van der Waals surface area contributed by atoms with Crippen LogP contribution in [0.4, 0.5) is 4.79 Å². The topological polar surface area (TPSA) is 90.0 Å². The minimum atomic E-state index is -1.26. The first-order valence-electron chi connectivity index (χ1n) is 11.1. The number of unbranched alkanes of at least 4 members (excludes halogenated alkanes) is 1. The van der Waals surface area contributed by atoms with Crippen molar-refractivity contribution in [2.75, 3.05) is 25.4 Å². The maximum atomic E-state index is 13.3. The van der Waals surface area contributed by atoms with Crippen molar-refractivity contribution >= 4 is 22.9 Å². The standard InChI is InChI=1S/C24H29N3O4S/c28-22-18-26(23(29)25-22)15-7-8-17-32(31)27-16-9-14-21(27)24(30,19-10-3-1-4-11-19)20-12-5-2-6-13-20/h1-6,10-13,21,30H,7-9,14-18H2,(H,25,28,29). The fourth-order valence-corrected chi connectivity index (χ4v) is 6.21. The van der Waals surface area contributed by atoms with E-state index in [9.17, 15) is 18.9 Å². The van der Waals surface area contributed by atoms with Gasteiger partial charge >= 0.3 is 6.03 Å². The van der Waals surface area contributed by atoms with E-state index in [0.717, 1.165) is 24.0 Å². The quantitative estimate of drug-likeness (QED) is 0.449. The van der Waals surface area contributed by atoms with Gasteiger partial charge in [-0.25, -0.2) is 13.3 Å². The van der Waals surface area contributed by atoms with Gasteiger partial charge in [-0.2, -0.15) is 0 Å². The van der Waals surface area contributed by atoms with E-state index in [-0.39, 0.29) is 24.5 Å². The molecule has 2 atom stereocenters. The van der Waals surface area contributed by atoms with Crippen LogP contribution >= 0.6 is 0 Å². The molecule has 32 heavy (non-hydrogen) atoms. The molecular formula is C24H29N3O4S. The van der Waals surface area contributed by atoms with Gasteiger partial charge in [0.1, 0.15) is 12.1 Å². The number of aliphatic hydroxyl groups is 1. The monoisotopic (exact) mass is 455 g/mol. The third-order valence-corrected chi connectivity index (χ3v) is 7.84. The van der Waals surface area contributed by atoms with Gasteiger partial charge in [0.15, 0.2) is 0 Å². The fraction of sp³-hybridized carbons (Fsp3) is 0.417. The van der Waals surface area contributed by atoms with E-state index >= 15 is 0 Å². The second-order valence-corrected chi connectivity index (χ2v) is 9.82. The number of carbonyl (C=O) groups excluding carboxylic acids is 2. The van der Waals surface area contributed by atoms with Crippen molar-refractivity contribution < 1.29 is 18.9 Å². The summed E-state index contributed by atoms with van der Waals surface area (Å²) < 4.78 is 15.2. The molecule has 2 aromatic rings. The first-order chi connectivity index (χ1) is 15.5. The van der Waals surface area contributed by atoms with Crippen molar-refractivity contribution in [1.29, 1.82) is 0 Å². The second-order valence-electron chi connectivity index (χ2n) is 8.30. The molecule has 0 saturated carbocycles. The Hall–Kier alpha value is -2.55. The third-order valence-electron chi connectivity index (χ3n) is 6.24. The molecule has 0 bridgehead atoms. The Labute approximate surface area is 191 Å². The number of nitrogens with one attached hydrogen (secondary N) is 1. The summed E-state index contributed by atoms with van der Waals surface area (Å²) in [6, 6.07) is 18.6. The Morgan fingerprint density at radius 1 is 1.00 bits per heavy atom. The molecule has 2 aliphatic heterocycles. The van der Waals surface area contributed by atoms with Crippen LogP contribution < -0.4 is 5.32 Å². The van der Waals surface area contributed by atoms with Gasteiger partial charge in [0.05, 0.1) is 17.0 Å². The van der Waals surface area contributed by atoms with Crippen LogP contribution in [0, 0.1) is 0 Å². The zero-order valence-corrected chi connectivity index (χ0v) is 18.8. The fourth-order valence-electron chi connectivity index (χ4n) is 4.65. The van der Waals surface area contributed by atoms with E-state index in [1.165, 1.54) is 4.90 Å². The van der Waals surface area contributed by atoms with Gasteiger partial charge in [-0.15, -0.1) is 0 Å². The molecule has 0 aliphatic carbocycles. The summed E-state index contributed by atoms with van der Waals surface area (Å²) in [6.45, 7) is 1.23. The summed E-state index contributed by atoms with van der Waals surface area (Å²) in [4.78, 5) is 24.4. The number of nitrogens with zero attached hydrogens (tertiary/aromatic N) is 2. The molecule has 2 aliphatic rings. The third kappa shape index (κ3) is 4.62. The number of hydrogen-bond donors (Lipinski definition) is 2. The number of amides is 3. The minimum absolute atomic E-state index is 0.0945. The van der Waals surface area contributed by atoms with Crippen molar-refractivity contribution in [1.82, 2.24) is 14.5 Å². The Balaban J connectivity index is 1.45. The zero-order chi connectivity index (χ0) is 22.6. The summed E-state index contributed by atoms with van der Waals surface area (Å²) in [5, 5.41) is 14.3. The van der Waals surface area contributed by atoms with Gasteiger partial charge in [0.2, 0.25) is 5.91 Å². The smallest absolute Gasteiger partial charge is 0.324 e. The number of urea groups is 1. The second kappa shape index (κ2) is 9.94. The van der Waals surface area contributed by atoms with Crippen molar-refractivity contribution in [2.24, 2.45) is 0 Å². The first kappa shape index (κ1) is 22.6. The van der Waals surface area contributed by atoms with Crippen molar-refractivity contribution in [2.45, 2.75) is 37.3 Å². The summed E-state index contributed by atoms with van der Waals surface area (Å²) >= 11 is 0. The lowest BCUT2D eigenvalue weighted by atomic mass is 9.79. The summed E-state index contributed by atoms with van der Waals surface area (Å²) in [7, 11) is -1.25. The van der Waals surface area contributed by atoms with Crippen LogP contribution in [0.3, 0.4) is 0 Å². The Morgan fingerprint density at radius 2 is 1.62 bits per heavy atom. The van der Waals surface area contributed by atoms with Crippen LogP contribution in [-0.2, 0) is 21.4 Å². The molecule has 3 amide bonds. The predicted molar refractivity (Wildman–Crippen MR) is 123 cm³/mol. The predicted octanol–water partition coefficient (Wildman–Crippen LogP) is 2.38. The molecule has 2 heterocycles. The van der Waals surface area contributed by atoms with Gasteiger partial charge in [-0.3, -0.25) is 10.1 Å². The van der Waals surface area contributed by atoms with Crippen LogP contribution in [-0.4, -0.2) is 61.9 Å². The molecule has 2 saturated heterocycles. The lowest BCUT2D eigenvalue weighted by molar-refractivity contribution is -0.118. The van der Waals surface area contributed by atoms with E-state index in [1.54, 1.807) is 0 Å². The lowest BCUT2D eigenvalue weighted by Gasteiger charge is -2.39. The van der Waals surface area contributed by atoms with Crippen molar-refractivity contribution in [3.63, 3.8) is 0 Å². The highest BCUT2D eigenvalue weighted by atomic mass is 32.2. The van der Waals surface area contributed by atoms with E-state index in [4.69, 9.17) is 0 Å². The minimum Gasteiger partial charge on any atom is -0.379 e. The number of imide groups is 1. The van der Waals surface area contributed by atoms with Gasteiger partial charge in [0, 0.05) is 18.8 Å². The molecule has 2 unspecified atom stereocenters. The SMILES string of the molecule is O=C1CN(CCCCS(=O)N2CCCC2C(O)(c2ccccc2)c2ccccc2)C(=O)N1. The lowest BCUT2D eigenvalue weighted by Crippen LogP contribution is -2.49. The maximum absolute atomic E-state index is 13.3. The zero-order valence-electron chi connectivity index (χ0n) is 18.0. The molecule has 170 valence electrons. The highest BCUT2D eigenvalue weighted by Gasteiger charge is 2.47. The number of hydrogen-bond acceptors (Lipinski definition) is 4. The highest BCUT2D eigenvalue weighted by Crippen LogP contribution is 2.40. The van der Waals surface area contributed by atoms with Crippen molar-refractivity contribution in [3.8, 4) is 0 Å². The molecule has 4 rings (SSSR count). The average Bonchev–Trinajstić information content (AvgIpc) is 3.43. The van der Waals surface area contributed by atoms with Crippen LogP contribution in [0.15, 0.2) is 60.7 Å². The van der Waals surface area contributed by atoms with Gasteiger partial charge in [0.25, 0.3) is 0 Å². The van der Waals surface area contributed by atoms with Crippen LogP contribution in [0.25, 0.3) is 0 Å². The molecule has 2 aromatic carbocycles. The largest absolute Gasteiger partial charge is 0.379 e. The van der Waals surface area contributed by atoms with Crippen LogP contribution in [0.1, 0.15) is 36.8 Å². The molecule has 0 radical (unpaired) electrons. The molecule has 7 nitrogen and oxygen atoms in total. The van der Waals surface area contributed by atoms with E-state index < -0.39 is 16.6 Å². The van der Waals surface area contributed by atoms with E-state index in [2.05, 4.69) is 5.32 Å². The molecule has 8 heteroatoms. The summed E-state index contributed by atoms with van der Waals surface area (Å²) in [5.74, 6) is 0.180. The van der Waals surface area contributed by atoms with Crippen LogP contribution in [0.2, 0.25) is 0 Å². The first-order valence-corrected chi connectivity index (χ1v) is 12.3. The molecule has 0 spiro atoms. The maximum Gasteiger partial charge on any atom is 0.324 e. The van der Waals surface area contributed by atoms with E-state index in [1.807, 2.05) is 65.0 Å². The molecular weight excluding hydrogens is 426 g/mol. The molecule has 2 N–H and O–H groups in total. The summed E-state index contributed by atoms with van der Waals surface area (Å²) in [6.07, 6.45) is 2.96. The van der Waals surface area contributed by atoms with Crippen molar-refractivity contribution in [3.05, 3.63) is 71.8 Å². The van der Waals surface area contributed by atoms with Crippen LogP contribution in [0.5, 0.6) is 0 Å². The number of benzene rings is 2. The molecule has 0 aromatic heterocycles. The van der Waals surface area contributed by atoms with Gasteiger partial charge in [-0.05, 0) is 36.8 Å². The highest BCUT2D eigenvalue weighted by molar-refractivity contribution is 7.82. The number of rotatable bonds is 9. The Kier molecular flexibility index (Phi) is 7.03. The normalized spacial score (nSPS) is 20.5. The van der Waals surface area contributed by atoms with Gasteiger partial charge in [-0.1, -0.05) is 60.7 Å². The Morgan fingerprint density at radius 3 is 2.19 bits per heavy atom. The summed E-state index contributed by atoms with van der Waals surface area (Å²) in [5.41, 5.74) is 0.331. The van der Waals surface area contributed by atoms with E-state index in [0.29, 0.717) is 31.7 Å². The van der Waals surface area contributed by atoms with Gasteiger partial charge < -0.3 is 10.0 Å². The molecule has 2 fully saturated rings.